The Kier molecular flexibility index (Phi) is 4.89. The van der Waals surface area contributed by atoms with E-state index in [1.807, 2.05) is 13.1 Å². The highest BCUT2D eigenvalue weighted by molar-refractivity contribution is 6.30. The fraction of sp³-hybridized carbons (Fsp3) is 0.700. The van der Waals surface area contributed by atoms with Crippen molar-refractivity contribution in [2.45, 2.75) is 26.2 Å². The summed E-state index contributed by atoms with van der Waals surface area (Å²) < 4.78 is 0. The number of amides is 1. The molecule has 1 N–H and O–H groups in total. The van der Waals surface area contributed by atoms with E-state index in [1.54, 1.807) is 0 Å². The zero-order valence-electron chi connectivity index (χ0n) is 8.62. The summed E-state index contributed by atoms with van der Waals surface area (Å²) in [4.78, 5) is 19.4. The molecule has 0 aromatic heterocycles. The van der Waals surface area contributed by atoms with Crippen LogP contribution in [-0.4, -0.2) is 37.5 Å². The van der Waals surface area contributed by atoms with Gasteiger partial charge in [-0.15, -0.1) is 0 Å². The molecule has 14 heavy (non-hydrogen) atoms. The molecule has 4 nitrogen and oxygen atoms in total. The molecule has 0 fully saturated rings. The molecule has 0 aromatic carbocycles. The Morgan fingerprint density at radius 2 is 2.43 bits per heavy atom. The van der Waals surface area contributed by atoms with Crippen molar-refractivity contribution in [3.8, 4) is 0 Å². The molecule has 0 saturated carbocycles. The second-order valence-electron chi connectivity index (χ2n) is 3.22. The van der Waals surface area contributed by atoms with Crippen LogP contribution in [0.3, 0.4) is 0 Å². The average Bonchev–Trinajstić information content (AvgIpc) is 2.25. The highest BCUT2D eigenvalue weighted by atomic mass is 16.1. The van der Waals surface area contributed by atoms with Crippen LogP contribution in [0.1, 0.15) is 26.2 Å². The fourth-order valence-corrected chi connectivity index (χ4v) is 1.23. The maximum atomic E-state index is 10.9. The predicted molar refractivity (Wildman–Crippen MR) is 58.2 cm³/mol. The van der Waals surface area contributed by atoms with E-state index >= 15 is 0 Å². The summed E-state index contributed by atoms with van der Waals surface area (Å²) in [5.74, 6) is 0.115. The molecule has 0 bridgehead atoms. The first-order chi connectivity index (χ1) is 6.83. The normalized spacial score (nSPS) is 15.1. The topological polar surface area (TPSA) is 53.8 Å². The largest absolute Gasteiger partial charge is 0.356 e. The highest BCUT2D eigenvalue weighted by Gasteiger charge is 2.00. The van der Waals surface area contributed by atoms with E-state index in [0.717, 1.165) is 38.2 Å². The van der Waals surface area contributed by atoms with Gasteiger partial charge in [0, 0.05) is 19.2 Å². The monoisotopic (exact) mass is 195 g/mol. The Hall–Kier alpha value is -1.19. The smallest absolute Gasteiger partial charge is 0.219 e. The van der Waals surface area contributed by atoms with Gasteiger partial charge in [-0.05, 0) is 12.8 Å². The predicted octanol–water partition coefficient (Wildman–Crippen LogP) is 0.818. The molecule has 0 aromatic rings. The Labute approximate surface area is 84.5 Å². The number of hydrogen-bond acceptors (Lipinski definition) is 3. The molecule has 1 aliphatic rings. The minimum Gasteiger partial charge on any atom is -0.356 e. The summed E-state index contributed by atoms with van der Waals surface area (Å²) in [5.41, 5.74) is 1.06. The number of rotatable bonds is 5. The van der Waals surface area contributed by atoms with Gasteiger partial charge in [0.05, 0.1) is 18.8 Å². The van der Waals surface area contributed by atoms with Crippen LogP contribution in [0.4, 0.5) is 0 Å². The Balaban J connectivity index is 2.06. The van der Waals surface area contributed by atoms with Crippen LogP contribution in [0.15, 0.2) is 9.98 Å². The quantitative estimate of drug-likeness (QED) is 0.649. The number of hydrogen-bond donors (Lipinski definition) is 1. The molecule has 0 atom stereocenters. The number of nitrogens with one attached hydrogen (secondary N) is 1. The molecule has 0 saturated heterocycles. The van der Waals surface area contributed by atoms with Gasteiger partial charge >= 0.3 is 0 Å². The SMILES string of the molecule is CCC(=O)NCCCC1=NCCN=C1. The Morgan fingerprint density at radius 1 is 1.57 bits per heavy atom. The van der Waals surface area contributed by atoms with Crippen molar-refractivity contribution in [2.24, 2.45) is 9.98 Å². The summed E-state index contributed by atoms with van der Waals surface area (Å²) >= 11 is 0. The number of carbonyl (C=O) groups excluding carboxylic acids is 1. The zero-order valence-corrected chi connectivity index (χ0v) is 8.62. The van der Waals surface area contributed by atoms with Gasteiger partial charge in [0.15, 0.2) is 0 Å². The van der Waals surface area contributed by atoms with Gasteiger partial charge in [-0.1, -0.05) is 6.92 Å². The third kappa shape index (κ3) is 4.16. The van der Waals surface area contributed by atoms with Crippen molar-refractivity contribution < 1.29 is 4.79 Å². The maximum absolute atomic E-state index is 10.9. The molecule has 78 valence electrons. The zero-order chi connectivity index (χ0) is 10.2. The van der Waals surface area contributed by atoms with Crippen molar-refractivity contribution >= 4 is 17.8 Å². The van der Waals surface area contributed by atoms with Crippen LogP contribution < -0.4 is 5.32 Å². The lowest BCUT2D eigenvalue weighted by molar-refractivity contribution is -0.120. The van der Waals surface area contributed by atoms with Crippen molar-refractivity contribution in [1.29, 1.82) is 0 Å². The van der Waals surface area contributed by atoms with Gasteiger partial charge in [-0.2, -0.15) is 0 Å². The summed E-state index contributed by atoms with van der Waals surface area (Å²) in [6.07, 6.45) is 4.25. The van der Waals surface area contributed by atoms with Crippen molar-refractivity contribution in [1.82, 2.24) is 5.32 Å². The third-order valence-electron chi connectivity index (χ3n) is 2.04. The molecule has 0 radical (unpaired) electrons. The number of nitrogens with zero attached hydrogens (tertiary/aromatic N) is 2. The molecule has 1 amide bonds. The van der Waals surface area contributed by atoms with Crippen LogP contribution in [0.5, 0.6) is 0 Å². The van der Waals surface area contributed by atoms with Crippen molar-refractivity contribution in [3.05, 3.63) is 0 Å². The molecule has 1 aliphatic heterocycles. The molecule has 1 heterocycles. The van der Waals surface area contributed by atoms with E-state index in [0.29, 0.717) is 6.42 Å². The number of aliphatic imine (C=N–C) groups is 2. The van der Waals surface area contributed by atoms with Gasteiger partial charge in [-0.25, -0.2) is 0 Å². The summed E-state index contributed by atoms with van der Waals surface area (Å²) in [7, 11) is 0. The van der Waals surface area contributed by atoms with E-state index in [1.165, 1.54) is 0 Å². The second-order valence-corrected chi connectivity index (χ2v) is 3.22. The van der Waals surface area contributed by atoms with E-state index in [4.69, 9.17) is 0 Å². The molecule has 0 aliphatic carbocycles. The van der Waals surface area contributed by atoms with Crippen LogP contribution in [-0.2, 0) is 4.79 Å². The fourth-order valence-electron chi connectivity index (χ4n) is 1.23. The van der Waals surface area contributed by atoms with Gasteiger partial charge < -0.3 is 5.32 Å². The third-order valence-corrected chi connectivity index (χ3v) is 2.04. The van der Waals surface area contributed by atoms with Gasteiger partial charge in [0.1, 0.15) is 0 Å². The molecule has 4 heteroatoms. The maximum Gasteiger partial charge on any atom is 0.219 e. The van der Waals surface area contributed by atoms with Crippen LogP contribution in [0, 0.1) is 0 Å². The van der Waals surface area contributed by atoms with Crippen LogP contribution >= 0.6 is 0 Å². The molecule has 0 spiro atoms. The Bertz CT molecular complexity index is 246. The lowest BCUT2D eigenvalue weighted by Gasteiger charge is -2.06. The highest BCUT2D eigenvalue weighted by Crippen LogP contribution is 1.95. The van der Waals surface area contributed by atoms with E-state index in [9.17, 15) is 4.79 Å². The molecular weight excluding hydrogens is 178 g/mol. The summed E-state index contributed by atoms with van der Waals surface area (Å²) in [5, 5.41) is 2.83. The van der Waals surface area contributed by atoms with Gasteiger partial charge in [0.25, 0.3) is 0 Å². The average molecular weight is 195 g/mol. The second kappa shape index (κ2) is 6.29. The lowest BCUT2D eigenvalue weighted by atomic mass is 10.2. The minimum absolute atomic E-state index is 0.115. The lowest BCUT2D eigenvalue weighted by Crippen LogP contribution is -2.24. The van der Waals surface area contributed by atoms with Crippen LogP contribution in [0.25, 0.3) is 0 Å². The Morgan fingerprint density at radius 3 is 3.07 bits per heavy atom. The standard InChI is InChI=1S/C10H17N3O/c1-2-10(14)13-5-3-4-9-8-11-6-7-12-9/h8H,2-7H2,1H3,(H,13,14). The molecule has 0 unspecified atom stereocenters. The van der Waals surface area contributed by atoms with Crippen molar-refractivity contribution in [2.75, 3.05) is 19.6 Å². The summed E-state index contributed by atoms with van der Waals surface area (Å²) in [6, 6.07) is 0. The van der Waals surface area contributed by atoms with E-state index in [2.05, 4.69) is 15.3 Å². The minimum atomic E-state index is 0.115. The molecular formula is C10H17N3O. The van der Waals surface area contributed by atoms with Gasteiger partial charge in [0.2, 0.25) is 5.91 Å². The van der Waals surface area contributed by atoms with Gasteiger partial charge in [-0.3, -0.25) is 14.8 Å². The van der Waals surface area contributed by atoms with Crippen LogP contribution in [0.2, 0.25) is 0 Å². The van der Waals surface area contributed by atoms with E-state index in [-0.39, 0.29) is 5.91 Å². The first-order valence-corrected chi connectivity index (χ1v) is 5.12. The number of carbonyl (C=O) groups is 1. The first kappa shape index (κ1) is 10.9. The first-order valence-electron chi connectivity index (χ1n) is 5.12. The van der Waals surface area contributed by atoms with Crippen molar-refractivity contribution in [3.63, 3.8) is 0 Å². The molecule has 1 rings (SSSR count). The summed E-state index contributed by atoms with van der Waals surface area (Å²) in [6.45, 7) is 4.22. The van der Waals surface area contributed by atoms with E-state index < -0.39 is 0 Å².